The number of aryl methyl sites for hydroxylation is 1. The number of benzene rings is 3. The third kappa shape index (κ3) is 6.36. The molecule has 30 heavy (non-hydrogen) atoms. The first-order valence-corrected chi connectivity index (χ1v) is 10.00. The summed E-state index contributed by atoms with van der Waals surface area (Å²) < 4.78 is 5.47. The molecule has 154 valence electrons. The van der Waals surface area contributed by atoms with Crippen LogP contribution >= 0.6 is 11.6 Å². The van der Waals surface area contributed by atoms with Crippen molar-refractivity contribution in [3.8, 4) is 5.75 Å². The fraction of sp³-hybridized carbons (Fsp3) is 0.167. The van der Waals surface area contributed by atoms with Crippen molar-refractivity contribution in [1.82, 2.24) is 5.32 Å². The fourth-order valence-corrected chi connectivity index (χ4v) is 2.96. The lowest BCUT2D eigenvalue weighted by atomic mass is 10.1. The van der Waals surface area contributed by atoms with Gasteiger partial charge in [0.1, 0.15) is 5.75 Å². The van der Waals surface area contributed by atoms with Crippen LogP contribution in [-0.2, 0) is 11.2 Å². The van der Waals surface area contributed by atoms with Gasteiger partial charge >= 0.3 is 0 Å². The lowest BCUT2D eigenvalue weighted by Crippen LogP contribution is -2.26. The summed E-state index contributed by atoms with van der Waals surface area (Å²) in [5.41, 5.74) is 3.04. The summed E-state index contributed by atoms with van der Waals surface area (Å²) in [6.45, 7) is 2.33. The number of rotatable bonds is 8. The number of carbonyl (C=O) groups is 2. The van der Waals surface area contributed by atoms with Gasteiger partial charge in [0, 0.05) is 12.1 Å². The molecule has 0 radical (unpaired) electrons. The molecule has 5 nitrogen and oxygen atoms in total. The van der Waals surface area contributed by atoms with E-state index in [9.17, 15) is 9.59 Å². The third-order valence-electron chi connectivity index (χ3n) is 4.44. The highest BCUT2D eigenvalue weighted by Gasteiger charge is 2.11. The normalized spacial score (nSPS) is 10.3. The highest BCUT2D eigenvalue weighted by atomic mass is 35.5. The van der Waals surface area contributed by atoms with E-state index >= 15 is 0 Å². The van der Waals surface area contributed by atoms with Crippen LogP contribution in [0.1, 0.15) is 21.5 Å². The van der Waals surface area contributed by atoms with E-state index in [0.717, 1.165) is 17.5 Å². The Kier molecular flexibility index (Phi) is 7.46. The van der Waals surface area contributed by atoms with Crippen LogP contribution in [0, 0.1) is 6.92 Å². The number of hydrogen-bond donors (Lipinski definition) is 2. The van der Waals surface area contributed by atoms with Crippen molar-refractivity contribution < 1.29 is 14.3 Å². The number of anilines is 1. The standard InChI is InChI=1S/C24H23ClN2O3/c1-17-7-10-20(11-8-17)30-16-23(28)27-22-15-19(9-12-21(22)25)24(29)26-14-13-18-5-3-2-4-6-18/h2-12,15H,13-14,16H2,1H3,(H,26,29)(H,27,28). The molecular weight excluding hydrogens is 400 g/mol. The zero-order valence-electron chi connectivity index (χ0n) is 16.7. The molecule has 2 N–H and O–H groups in total. The third-order valence-corrected chi connectivity index (χ3v) is 4.77. The number of hydrogen-bond acceptors (Lipinski definition) is 3. The maximum Gasteiger partial charge on any atom is 0.262 e. The van der Waals surface area contributed by atoms with Gasteiger partial charge in [-0.25, -0.2) is 0 Å². The Morgan fingerprint density at radius 1 is 0.967 bits per heavy atom. The average molecular weight is 423 g/mol. The largest absolute Gasteiger partial charge is 0.484 e. The van der Waals surface area contributed by atoms with Crippen molar-refractivity contribution in [3.63, 3.8) is 0 Å². The van der Waals surface area contributed by atoms with Crippen LogP contribution in [0.15, 0.2) is 72.8 Å². The summed E-state index contributed by atoms with van der Waals surface area (Å²) in [5, 5.41) is 5.92. The average Bonchev–Trinajstić information content (AvgIpc) is 2.75. The van der Waals surface area contributed by atoms with E-state index in [0.29, 0.717) is 28.6 Å². The van der Waals surface area contributed by atoms with Crippen LogP contribution in [0.2, 0.25) is 5.02 Å². The topological polar surface area (TPSA) is 67.4 Å². The molecule has 0 fully saturated rings. The molecule has 0 bridgehead atoms. The smallest absolute Gasteiger partial charge is 0.262 e. The fourth-order valence-electron chi connectivity index (χ4n) is 2.80. The molecule has 0 aliphatic carbocycles. The molecule has 0 saturated carbocycles. The zero-order valence-corrected chi connectivity index (χ0v) is 17.4. The summed E-state index contributed by atoms with van der Waals surface area (Å²) in [6, 6.07) is 22.1. The zero-order chi connectivity index (χ0) is 21.3. The monoisotopic (exact) mass is 422 g/mol. The molecule has 0 heterocycles. The second kappa shape index (κ2) is 10.5. The maximum atomic E-state index is 12.4. The predicted molar refractivity (Wildman–Crippen MR) is 119 cm³/mol. The van der Waals surface area contributed by atoms with Crippen molar-refractivity contribution in [2.24, 2.45) is 0 Å². The summed E-state index contributed by atoms with van der Waals surface area (Å²) in [6.07, 6.45) is 0.736. The molecule has 3 aromatic carbocycles. The van der Waals surface area contributed by atoms with Crippen LogP contribution in [-0.4, -0.2) is 25.0 Å². The van der Waals surface area contributed by atoms with Crippen LogP contribution in [0.3, 0.4) is 0 Å². The van der Waals surface area contributed by atoms with Gasteiger partial charge in [0.25, 0.3) is 11.8 Å². The van der Waals surface area contributed by atoms with Crippen LogP contribution < -0.4 is 15.4 Å². The van der Waals surface area contributed by atoms with Gasteiger partial charge in [0.15, 0.2) is 6.61 Å². The van der Waals surface area contributed by atoms with Crippen LogP contribution in [0.5, 0.6) is 5.75 Å². The molecule has 0 spiro atoms. The Balaban J connectivity index is 1.53. The highest BCUT2D eigenvalue weighted by Crippen LogP contribution is 2.23. The van der Waals surface area contributed by atoms with E-state index in [4.69, 9.17) is 16.3 Å². The SMILES string of the molecule is Cc1ccc(OCC(=O)Nc2cc(C(=O)NCCc3ccccc3)ccc2Cl)cc1. The number of amides is 2. The number of carbonyl (C=O) groups excluding carboxylic acids is 2. The molecular formula is C24H23ClN2O3. The lowest BCUT2D eigenvalue weighted by molar-refractivity contribution is -0.118. The van der Waals surface area contributed by atoms with E-state index in [-0.39, 0.29) is 18.4 Å². The van der Waals surface area contributed by atoms with Gasteiger partial charge in [-0.15, -0.1) is 0 Å². The molecule has 0 saturated heterocycles. The minimum Gasteiger partial charge on any atom is -0.484 e. The minimum atomic E-state index is -0.362. The maximum absolute atomic E-state index is 12.4. The molecule has 0 atom stereocenters. The Morgan fingerprint density at radius 2 is 1.70 bits per heavy atom. The number of ether oxygens (including phenoxy) is 1. The van der Waals surface area contributed by atoms with Crippen molar-refractivity contribution in [3.05, 3.63) is 94.5 Å². The summed E-state index contributed by atoms with van der Waals surface area (Å²) in [5.74, 6) is 0.0153. The molecule has 6 heteroatoms. The highest BCUT2D eigenvalue weighted by molar-refractivity contribution is 6.33. The van der Waals surface area contributed by atoms with Gasteiger partial charge in [0.05, 0.1) is 10.7 Å². The molecule has 3 rings (SSSR count). The van der Waals surface area contributed by atoms with Gasteiger partial charge in [-0.3, -0.25) is 9.59 Å². The molecule has 2 amide bonds. The molecule has 3 aromatic rings. The second-order valence-electron chi connectivity index (χ2n) is 6.84. The summed E-state index contributed by atoms with van der Waals surface area (Å²) in [4.78, 5) is 24.7. The van der Waals surface area contributed by atoms with E-state index in [1.165, 1.54) is 0 Å². The first kappa shape index (κ1) is 21.4. The van der Waals surface area contributed by atoms with Gasteiger partial charge < -0.3 is 15.4 Å². The van der Waals surface area contributed by atoms with Gasteiger partial charge in [0.2, 0.25) is 0 Å². The second-order valence-corrected chi connectivity index (χ2v) is 7.24. The molecule has 0 aromatic heterocycles. The number of nitrogens with one attached hydrogen (secondary N) is 2. The van der Waals surface area contributed by atoms with Crippen LogP contribution in [0.25, 0.3) is 0 Å². The van der Waals surface area contributed by atoms with Crippen molar-refractivity contribution >= 4 is 29.1 Å². The Labute approximate surface area is 181 Å². The van der Waals surface area contributed by atoms with Gasteiger partial charge in [-0.05, 0) is 49.2 Å². The van der Waals surface area contributed by atoms with Crippen molar-refractivity contribution in [2.45, 2.75) is 13.3 Å². The Bertz CT molecular complexity index is 1000. The van der Waals surface area contributed by atoms with E-state index < -0.39 is 0 Å². The predicted octanol–water partition coefficient (Wildman–Crippen LogP) is 4.64. The lowest BCUT2D eigenvalue weighted by Gasteiger charge is -2.11. The summed E-state index contributed by atoms with van der Waals surface area (Å²) in [7, 11) is 0. The molecule has 0 aliphatic rings. The van der Waals surface area contributed by atoms with E-state index in [2.05, 4.69) is 10.6 Å². The van der Waals surface area contributed by atoms with Gasteiger partial charge in [-0.1, -0.05) is 59.6 Å². The number of halogens is 1. The van der Waals surface area contributed by atoms with Crippen molar-refractivity contribution in [1.29, 1.82) is 0 Å². The summed E-state index contributed by atoms with van der Waals surface area (Å²) >= 11 is 6.18. The quantitative estimate of drug-likeness (QED) is 0.555. The van der Waals surface area contributed by atoms with Gasteiger partial charge in [-0.2, -0.15) is 0 Å². The van der Waals surface area contributed by atoms with Crippen molar-refractivity contribution in [2.75, 3.05) is 18.5 Å². The van der Waals surface area contributed by atoms with Crippen LogP contribution in [0.4, 0.5) is 5.69 Å². The van der Waals surface area contributed by atoms with E-state index in [1.807, 2.05) is 49.4 Å². The Morgan fingerprint density at radius 3 is 2.43 bits per heavy atom. The molecule has 0 unspecified atom stereocenters. The molecule has 0 aliphatic heterocycles. The minimum absolute atomic E-state index is 0.160. The first-order valence-electron chi connectivity index (χ1n) is 9.62. The van der Waals surface area contributed by atoms with E-state index in [1.54, 1.807) is 30.3 Å². The Hall–Kier alpha value is -3.31. The first-order chi connectivity index (χ1) is 14.5.